The van der Waals surface area contributed by atoms with E-state index in [2.05, 4.69) is 11.7 Å². The van der Waals surface area contributed by atoms with Gasteiger partial charge in [-0.25, -0.2) is 0 Å². The van der Waals surface area contributed by atoms with Gasteiger partial charge in [0, 0.05) is 44.1 Å². The Kier molecular flexibility index (Phi) is 20.0. The number of hydrogen-bond donors (Lipinski definition) is 3. The molecule has 0 aromatic carbocycles. The van der Waals surface area contributed by atoms with Crippen LogP contribution in [0.2, 0.25) is 0 Å². The quantitative estimate of drug-likeness (QED) is 0.0674. The molecule has 3 heterocycles. The Labute approximate surface area is 375 Å². The van der Waals surface area contributed by atoms with Crippen molar-refractivity contribution in [3.8, 4) is 0 Å². The summed E-state index contributed by atoms with van der Waals surface area (Å²) in [6.45, 7) is 24.7. The number of cyclic esters (lactones) is 1. The van der Waals surface area contributed by atoms with E-state index in [1.807, 2.05) is 46.7 Å². The first-order valence-electron chi connectivity index (χ1n) is 22.7. The number of hydrogen-bond acceptors (Lipinski definition) is 17. The van der Waals surface area contributed by atoms with Crippen LogP contribution in [-0.4, -0.2) is 156 Å². The third-order valence-corrected chi connectivity index (χ3v) is 13.5. The number of ether oxygens (including phenoxy) is 9. The molecule has 0 radical (unpaired) electrons. The molecule has 17 nitrogen and oxygen atoms in total. The number of nitrogens with zero attached hydrogens (tertiary/aromatic N) is 2. The van der Waals surface area contributed by atoms with Crippen LogP contribution in [0, 0.1) is 23.7 Å². The minimum Gasteiger partial charge on any atom is -0.459 e. The van der Waals surface area contributed by atoms with Gasteiger partial charge in [0.05, 0.1) is 60.4 Å². The Balaban J connectivity index is 2.36. The maximum atomic E-state index is 14.6. The minimum atomic E-state index is -1.99. The fraction of sp³-hybridized carbons (Fsp3) is 0.870. The van der Waals surface area contributed by atoms with Crippen LogP contribution in [0.3, 0.4) is 0 Å². The van der Waals surface area contributed by atoms with Crippen LogP contribution >= 0.6 is 0 Å². The maximum absolute atomic E-state index is 14.6. The van der Waals surface area contributed by atoms with Crippen molar-refractivity contribution in [1.29, 1.82) is 0 Å². The van der Waals surface area contributed by atoms with Crippen molar-refractivity contribution in [2.75, 3.05) is 27.8 Å². The van der Waals surface area contributed by atoms with E-state index in [-0.39, 0.29) is 56.6 Å². The molecule has 3 saturated heterocycles. The van der Waals surface area contributed by atoms with Gasteiger partial charge in [-0.2, -0.15) is 0 Å². The van der Waals surface area contributed by atoms with Crippen LogP contribution in [0.1, 0.15) is 122 Å². The Hall–Kier alpha value is -2.74. The number of rotatable bonds is 14. The fourth-order valence-corrected chi connectivity index (χ4v) is 9.75. The van der Waals surface area contributed by atoms with Gasteiger partial charge < -0.3 is 63.0 Å². The topological polar surface area (TPSA) is 211 Å². The van der Waals surface area contributed by atoms with Crippen molar-refractivity contribution in [1.82, 2.24) is 4.90 Å². The van der Waals surface area contributed by atoms with Crippen molar-refractivity contribution in [3.63, 3.8) is 0 Å². The van der Waals surface area contributed by atoms with Crippen molar-refractivity contribution in [2.24, 2.45) is 28.8 Å². The second-order valence-corrected chi connectivity index (χ2v) is 18.8. The maximum Gasteiger partial charge on any atom is 0.311 e. The third-order valence-electron chi connectivity index (χ3n) is 13.5. The van der Waals surface area contributed by atoms with Gasteiger partial charge in [0.15, 0.2) is 24.8 Å². The molecular weight excluding hydrogens is 821 g/mol. The third kappa shape index (κ3) is 12.8. The minimum absolute atomic E-state index is 0.0411. The highest BCUT2D eigenvalue weighted by Crippen LogP contribution is 2.43. The highest BCUT2D eigenvalue weighted by atomic mass is 16.7. The summed E-state index contributed by atoms with van der Waals surface area (Å²) in [5.74, 6) is -5.04. The Morgan fingerprint density at radius 2 is 1.52 bits per heavy atom. The monoisotopic (exact) mass is 901 g/mol. The van der Waals surface area contributed by atoms with E-state index in [9.17, 15) is 29.8 Å². The average Bonchev–Trinajstić information content (AvgIpc) is 3.23. The van der Waals surface area contributed by atoms with E-state index in [0.717, 1.165) is 0 Å². The standard InChI is InChI=1S/C46H80N2O15/c1-17-21-56-45(12)23-25(5)36(47-54)27(7)39(51)46(13,53)32(18-2)59-42(52)29(9)37(62-35-24-44(11,55-16)41(30(10)58-35)61-34(50)20-4)28(8)40(45)63-43-38(60-33(49)19-3)31(48(14)15)22-26(6)57-43/h17,25-32,35,37-41,43,51,53-54H,1,18-24H2,2-16H3/b47-36+/t25-,26-,27+,28+,29-,30+,31+,32-,35+,37+,38-,39-,40-,41+,43+,44-,45+,46-/m1/s1. The van der Waals surface area contributed by atoms with E-state index in [1.165, 1.54) is 14.0 Å². The Morgan fingerprint density at radius 1 is 0.905 bits per heavy atom. The highest BCUT2D eigenvalue weighted by Gasteiger charge is 2.55. The van der Waals surface area contributed by atoms with E-state index in [0.29, 0.717) is 6.42 Å². The summed E-state index contributed by atoms with van der Waals surface area (Å²) in [4.78, 5) is 42.2. The molecule has 18 atom stereocenters. The summed E-state index contributed by atoms with van der Waals surface area (Å²) in [6.07, 6.45) is -7.06. The first-order chi connectivity index (χ1) is 29.4. The predicted octanol–water partition coefficient (Wildman–Crippen LogP) is 5.18. The Morgan fingerprint density at radius 3 is 2.06 bits per heavy atom. The smallest absolute Gasteiger partial charge is 0.311 e. The molecule has 0 aromatic heterocycles. The lowest BCUT2D eigenvalue weighted by molar-refractivity contribution is -0.321. The van der Waals surface area contributed by atoms with Crippen molar-refractivity contribution < 1.29 is 72.4 Å². The second-order valence-electron chi connectivity index (χ2n) is 18.8. The largest absolute Gasteiger partial charge is 0.459 e. The van der Waals surface area contributed by atoms with Crippen LogP contribution in [0.25, 0.3) is 0 Å². The molecule has 3 aliphatic heterocycles. The number of oxime groups is 1. The predicted molar refractivity (Wildman–Crippen MR) is 233 cm³/mol. The van der Waals surface area contributed by atoms with Crippen LogP contribution in [-0.2, 0) is 57.0 Å². The van der Waals surface area contributed by atoms with Gasteiger partial charge in [0.2, 0.25) is 0 Å². The fourth-order valence-electron chi connectivity index (χ4n) is 9.75. The normalized spacial score (nSPS) is 42.9. The molecule has 17 heteroatoms. The molecule has 0 bridgehead atoms. The molecule has 364 valence electrons. The lowest BCUT2D eigenvalue weighted by Gasteiger charge is -2.50. The highest BCUT2D eigenvalue weighted by molar-refractivity contribution is 5.88. The molecule has 0 saturated carbocycles. The lowest BCUT2D eigenvalue weighted by Crippen LogP contribution is -2.62. The van der Waals surface area contributed by atoms with E-state index in [1.54, 1.807) is 54.5 Å². The molecule has 63 heavy (non-hydrogen) atoms. The van der Waals surface area contributed by atoms with Crippen molar-refractivity contribution >= 4 is 23.6 Å². The summed E-state index contributed by atoms with van der Waals surface area (Å²) >= 11 is 0. The number of carbonyl (C=O) groups excluding carboxylic acids is 3. The summed E-state index contributed by atoms with van der Waals surface area (Å²) in [7, 11) is 5.31. The molecule has 0 aromatic rings. The zero-order valence-electron chi connectivity index (χ0n) is 40.5. The summed E-state index contributed by atoms with van der Waals surface area (Å²) in [5.41, 5.74) is -4.25. The van der Waals surface area contributed by atoms with Crippen LogP contribution < -0.4 is 0 Å². The van der Waals surface area contributed by atoms with Gasteiger partial charge >= 0.3 is 17.9 Å². The molecule has 0 amide bonds. The molecule has 3 rings (SSSR count). The number of esters is 3. The van der Waals surface area contributed by atoms with Gasteiger partial charge in [-0.1, -0.05) is 52.8 Å². The van der Waals surface area contributed by atoms with Gasteiger partial charge in [0.1, 0.15) is 17.3 Å². The van der Waals surface area contributed by atoms with Crippen LogP contribution in [0.4, 0.5) is 0 Å². The summed E-state index contributed by atoms with van der Waals surface area (Å²) in [5, 5.41) is 38.0. The first kappa shape index (κ1) is 54.6. The number of likely N-dealkylation sites (N-methyl/N-ethyl adjacent to an activating group) is 1. The summed E-state index contributed by atoms with van der Waals surface area (Å²) in [6, 6.07) is -0.309. The number of carbonyl (C=O) groups is 3. The van der Waals surface area contributed by atoms with Gasteiger partial charge in [0.25, 0.3) is 0 Å². The molecule has 0 spiro atoms. The molecule has 0 unspecified atom stereocenters. The SMILES string of the molecule is C=CCO[C@@]1(C)C[C@@H](C)/C(=N\O)[C@H](C)[C@@H](O)[C@](C)(O)[C@@H](CC)OC(=O)[C@H](C)[C@@H](O[C@H]2C[C@@](C)(OC)[C@@H](OC(=O)CC)[C@H](C)O2)[C@H](C)[C@H]1O[C@@H]1O[C@H](C)C[C@H](N(C)C)[C@H]1OC(=O)CC. The number of aliphatic hydroxyl groups is 2. The zero-order chi connectivity index (χ0) is 47.8. The van der Waals surface area contributed by atoms with Crippen molar-refractivity contribution in [3.05, 3.63) is 12.7 Å². The number of aliphatic hydroxyl groups excluding tert-OH is 1. The molecule has 0 aliphatic carbocycles. The lowest BCUT2D eigenvalue weighted by atomic mass is 9.73. The van der Waals surface area contributed by atoms with Crippen LogP contribution in [0.5, 0.6) is 0 Å². The average molecular weight is 901 g/mol. The van der Waals surface area contributed by atoms with Gasteiger partial charge in [-0.3, -0.25) is 14.4 Å². The number of methoxy groups -OCH3 is 1. The van der Waals surface area contributed by atoms with Gasteiger partial charge in [-0.05, 0) is 74.9 Å². The molecular formula is C46H80N2O15. The van der Waals surface area contributed by atoms with E-state index in [4.69, 9.17) is 42.6 Å². The van der Waals surface area contributed by atoms with Crippen molar-refractivity contribution in [2.45, 2.75) is 206 Å². The van der Waals surface area contributed by atoms with E-state index < -0.39 is 114 Å². The van der Waals surface area contributed by atoms with Crippen LogP contribution in [0.15, 0.2) is 17.8 Å². The molecule has 3 N–H and O–H groups in total. The molecule has 3 fully saturated rings. The van der Waals surface area contributed by atoms with Gasteiger partial charge in [-0.15, -0.1) is 6.58 Å². The summed E-state index contributed by atoms with van der Waals surface area (Å²) < 4.78 is 57.9. The second kappa shape index (κ2) is 23.1. The first-order valence-corrected chi connectivity index (χ1v) is 22.7. The van der Waals surface area contributed by atoms with E-state index >= 15 is 0 Å². The Bertz CT molecular complexity index is 1540. The zero-order valence-corrected chi connectivity index (χ0v) is 40.5. The molecule has 3 aliphatic rings.